The zero-order valence-corrected chi connectivity index (χ0v) is 14.6. The van der Waals surface area contributed by atoms with Crippen molar-refractivity contribution in [3.05, 3.63) is 59.9 Å². The van der Waals surface area contributed by atoms with Crippen LogP contribution in [-0.4, -0.2) is 40.3 Å². The van der Waals surface area contributed by atoms with Gasteiger partial charge in [0.15, 0.2) is 0 Å². The SMILES string of the molecule is CSc1ccc(C(c2cccnc2)N2CCC(C(=O)O)CC2)cc1. The lowest BCUT2D eigenvalue weighted by Crippen LogP contribution is -2.39. The molecule has 0 amide bonds. The molecule has 126 valence electrons. The molecule has 1 aromatic heterocycles. The van der Waals surface area contributed by atoms with Crippen molar-refractivity contribution >= 4 is 17.7 Å². The highest BCUT2D eigenvalue weighted by Gasteiger charge is 2.30. The minimum absolute atomic E-state index is 0.129. The predicted molar refractivity (Wildman–Crippen MR) is 96.2 cm³/mol. The molecular formula is C19H22N2O2S. The summed E-state index contributed by atoms with van der Waals surface area (Å²) in [5.74, 6) is -0.883. The monoisotopic (exact) mass is 342 g/mol. The van der Waals surface area contributed by atoms with Crippen molar-refractivity contribution in [2.75, 3.05) is 19.3 Å². The Balaban J connectivity index is 1.87. The van der Waals surface area contributed by atoms with Crippen molar-refractivity contribution in [1.29, 1.82) is 0 Å². The van der Waals surface area contributed by atoms with Crippen molar-refractivity contribution < 1.29 is 9.90 Å². The Bertz CT molecular complexity index is 668. The Hall–Kier alpha value is -1.85. The van der Waals surface area contributed by atoms with Gasteiger partial charge in [-0.05, 0) is 61.5 Å². The molecule has 1 fully saturated rings. The summed E-state index contributed by atoms with van der Waals surface area (Å²) < 4.78 is 0. The number of thioether (sulfide) groups is 1. The van der Waals surface area contributed by atoms with Crippen molar-refractivity contribution in [1.82, 2.24) is 9.88 Å². The second-order valence-corrected chi connectivity index (χ2v) is 6.99. The first-order valence-corrected chi connectivity index (χ1v) is 9.42. The molecule has 1 unspecified atom stereocenters. The molecular weight excluding hydrogens is 320 g/mol. The van der Waals surface area contributed by atoms with Gasteiger partial charge in [0.1, 0.15) is 0 Å². The molecule has 2 heterocycles. The molecule has 1 aliphatic rings. The Morgan fingerprint density at radius 3 is 2.46 bits per heavy atom. The number of nitrogens with zero attached hydrogens (tertiary/aromatic N) is 2. The lowest BCUT2D eigenvalue weighted by molar-refractivity contribution is -0.143. The van der Waals surface area contributed by atoms with Gasteiger partial charge in [0.05, 0.1) is 12.0 Å². The molecule has 0 spiro atoms. The van der Waals surface area contributed by atoms with Crippen LogP contribution in [0.1, 0.15) is 30.0 Å². The van der Waals surface area contributed by atoms with E-state index in [0.717, 1.165) is 18.7 Å². The van der Waals surface area contributed by atoms with E-state index in [2.05, 4.69) is 46.5 Å². The first-order valence-electron chi connectivity index (χ1n) is 8.20. The van der Waals surface area contributed by atoms with Crippen LogP contribution in [-0.2, 0) is 4.79 Å². The van der Waals surface area contributed by atoms with Gasteiger partial charge >= 0.3 is 5.97 Å². The van der Waals surface area contributed by atoms with E-state index in [0.29, 0.717) is 12.8 Å². The molecule has 2 aromatic rings. The summed E-state index contributed by atoms with van der Waals surface area (Å²) in [6, 6.07) is 12.8. The van der Waals surface area contributed by atoms with Gasteiger partial charge in [0.2, 0.25) is 0 Å². The van der Waals surface area contributed by atoms with Crippen LogP contribution in [0.25, 0.3) is 0 Å². The van der Waals surface area contributed by atoms with E-state index in [1.807, 2.05) is 12.3 Å². The first-order chi connectivity index (χ1) is 11.7. The highest BCUT2D eigenvalue weighted by atomic mass is 32.2. The van der Waals surface area contributed by atoms with Gasteiger partial charge in [-0.15, -0.1) is 11.8 Å². The summed E-state index contributed by atoms with van der Waals surface area (Å²) in [6.07, 6.45) is 7.18. The zero-order chi connectivity index (χ0) is 16.9. The van der Waals surface area contributed by atoms with E-state index in [-0.39, 0.29) is 12.0 Å². The molecule has 1 saturated heterocycles. The highest BCUT2D eigenvalue weighted by Crippen LogP contribution is 2.33. The number of rotatable bonds is 5. The molecule has 0 radical (unpaired) electrons. The van der Waals surface area contributed by atoms with Crippen molar-refractivity contribution in [2.24, 2.45) is 5.92 Å². The fourth-order valence-corrected chi connectivity index (χ4v) is 3.75. The van der Waals surface area contributed by atoms with Crippen LogP contribution >= 0.6 is 11.8 Å². The summed E-state index contributed by atoms with van der Waals surface area (Å²) in [4.78, 5) is 19.1. The van der Waals surface area contributed by atoms with E-state index < -0.39 is 5.97 Å². The van der Waals surface area contributed by atoms with Gasteiger partial charge in [0.25, 0.3) is 0 Å². The number of benzene rings is 1. The molecule has 3 rings (SSSR count). The summed E-state index contributed by atoms with van der Waals surface area (Å²) in [6.45, 7) is 1.58. The van der Waals surface area contributed by atoms with Crippen LogP contribution in [0.3, 0.4) is 0 Å². The van der Waals surface area contributed by atoms with Gasteiger partial charge in [-0.3, -0.25) is 14.7 Å². The largest absolute Gasteiger partial charge is 0.481 e. The molecule has 5 heteroatoms. The summed E-state index contributed by atoms with van der Waals surface area (Å²) in [5.41, 5.74) is 2.39. The fourth-order valence-electron chi connectivity index (χ4n) is 3.34. The lowest BCUT2D eigenvalue weighted by Gasteiger charge is -2.37. The van der Waals surface area contributed by atoms with Crippen molar-refractivity contribution in [3.8, 4) is 0 Å². The smallest absolute Gasteiger partial charge is 0.306 e. The van der Waals surface area contributed by atoms with Crippen LogP contribution in [0.2, 0.25) is 0 Å². The number of carboxylic acid groups (broad SMARTS) is 1. The summed E-state index contributed by atoms with van der Waals surface area (Å²) in [5, 5.41) is 9.22. The molecule has 1 aliphatic heterocycles. The summed E-state index contributed by atoms with van der Waals surface area (Å²) >= 11 is 1.73. The molecule has 1 atom stereocenters. The molecule has 0 aliphatic carbocycles. The number of carboxylic acids is 1. The summed E-state index contributed by atoms with van der Waals surface area (Å²) in [7, 11) is 0. The first kappa shape index (κ1) is 17.0. The van der Waals surface area contributed by atoms with Crippen LogP contribution in [0.5, 0.6) is 0 Å². The van der Waals surface area contributed by atoms with Crippen molar-refractivity contribution in [3.63, 3.8) is 0 Å². The molecule has 0 bridgehead atoms. The van der Waals surface area contributed by atoms with E-state index in [1.165, 1.54) is 10.5 Å². The highest BCUT2D eigenvalue weighted by molar-refractivity contribution is 7.98. The van der Waals surface area contributed by atoms with Crippen LogP contribution in [0.15, 0.2) is 53.7 Å². The van der Waals surface area contributed by atoms with E-state index in [1.54, 1.807) is 18.0 Å². The van der Waals surface area contributed by atoms with Gasteiger partial charge in [-0.2, -0.15) is 0 Å². The average molecular weight is 342 g/mol. The molecule has 0 saturated carbocycles. The van der Waals surface area contributed by atoms with Gasteiger partial charge < -0.3 is 5.11 Å². The second kappa shape index (κ2) is 7.81. The lowest BCUT2D eigenvalue weighted by atomic mass is 9.92. The minimum atomic E-state index is -0.670. The maximum absolute atomic E-state index is 11.2. The number of aliphatic carboxylic acids is 1. The number of hydrogen-bond acceptors (Lipinski definition) is 4. The fraction of sp³-hybridized carbons (Fsp3) is 0.368. The third kappa shape index (κ3) is 3.79. The van der Waals surface area contributed by atoms with E-state index >= 15 is 0 Å². The van der Waals surface area contributed by atoms with Crippen LogP contribution < -0.4 is 0 Å². The van der Waals surface area contributed by atoms with Crippen LogP contribution in [0, 0.1) is 5.92 Å². The van der Waals surface area contributed by atoms with Crippen LogP contribution in [0.4, 0.5) is 0 Å². The zero-order valence-electron chi connectivity index (χ0n) is 13.8. The topological polar surface area (TPSA) is 53.4 Å². The molecule has 1 N–H and O–H groups in total. The maximum Gasteiger partial charge on any atom is 0.306 e. The number of piperidine rings is 1. The number of hydrogen-bond donors (Lipinski definition) is 1. The standard InChI is InChI=1S/C19H22N2O2S/c1-24-17-6-4-14(5-7-17)18(16-3-2-10-20-13-16)21-11-8-15(9-12-21)19(22)23/h2-7,10,13,15,18H,8-9,11-12H2,1H3,(H,22,23). The number of aromatic nitrogens is 1. The predicted octanol–water partition coefficient (Wildman–Crippen LogP) is 3.69. The Labute approximate surface area is 146 Å². The molecule has 1 aromatic carbocycles. The molecule has 24 heavy (non-hydrogen) atoms. The maximum atomic E-state index is 11.2. The number of carbonyl (C=O) groups is 1. The quantitative estimate of drug-likeness (QED) is 0.840. The Kier molecular flexibility index (Phi) is 5.53. The molecule has 4 nitrogen and oxygen atoms in total. The average Bonchev–Trinajstić information content (AvgIpc) is 2.64. The Morgan fingerprint density at radius 2 is 1.92 bits per heavy atom. The van der Waals surface area contributed by atoms with Gasteiger partial charge in [-0.1, -0.05) is 18.2 Å². The van der Waals surface area contributed by atoms with Crippen molar-refractivity contribution in [2.45, 2.75) is 23.8 Å². The van der Waals surface area contributed by atoms with E-state index in [4.69, 9.17) is 0 Å². The third-order valence-corrected chi connectivity index (χ3v) is 5.42. The normalized spacial score (nSPS) is 17.5. The third-order valence-electron chi connectivity index (χ3n) is 4.68. The van der Waals surface area contributed by atoms with Gasteiger partial charge in [0, 0.05) is 17.3 Å². The Morgan fingerprint density at radius 1 is 1.21 bits per heavy atom. The van der Waals surface area contributed by atoms with E-state index in [9.17, 15) is 9.90 Å². The minimum Gasteiger partial charge on any atom is -0.481 e. The second-order valence-electron chi connectivity index (χ2n) is 6.11. The number of likely N-dealkylation sites (tertiary alicyclic amines) is 1. The number of pyridine rings is 1. The van der Waals surface area contributed by atoms with Gasteiger partial charge in [-0.25, -0.2) is 0 Å².